The highest BCUT2D eigenvalue weighted by atomic mass is 35.5. The molecule has 0 aliphatic carbocycles. The minimum Gasteiger partial charge on any atom is -0.360 e. The van der Waals surface area contributed by atoms with Gasteiger partial charge in [0.2, 0.25) is 0 Å². The van der Waals surface area contributed by atoms with Gasteiger partial charge < -0.3 is 10.1 Å². The summed E-state index contributed by atoms with van der Waals surface area (Å²) in [6.07, 6.45) is 5.05. The van der Waals surface area contributed by atoms with Crippen molar-refractivity contribution in [3.05, 3.63) is 28.5 Å². The van der Waals surface area contributed by atoms with Crippen molar-refractivity contribution in [1.29, 1.82) is 0 Å². The van der Waals surface area contributed by atoms with Gasteiger partial charge in [0.05, 0.1) is 16.8 Å². The second-order valence-electron chi connectivity index (χ2n) is 5.49. The Hall–Kier alpha value is -1.05. The Labute approximate surface area is 138 Å². The molecule has 0 spiro atoms. The van der Waals surface area contributed by atoms with E-state index in [4.69, 9.17) is 16.3 Å². The third-order valence-electron chi connectivity index (χ3n) is 4.14. The van der Waals surface area contributed by atoms with Crippen LogP contribution in [-0.4, -0.2) is 53.9 Å². The third-order valence-corrected chi connectivity index (χ3v) is 5.75. The van der Waals surface area contributed by atoms with Crippen LogP contribution in [0, 0.1) is 0 Å². The standard InChI is InChI=1S/C15H17ClN4OS/c16-15-14-11(18-9-19-15)7-12(22-14)10-1-4-20(5-2-10)13-8-17-3-6-21-13/h1,7,9,13,17H,2-6,8H2. The first-order valence-corrected chi connectivity index (χ1v) is 8.66. The highest BCUT2D eigenvalue weighted by Gasteiger charge is 2.24. The van der Waals surface area contributed by atoms with E-state index >= 15 is 0 Å². The van der Waals surface area contributed by atoms with Gasteiger partial charge in [0.25, 0.3) is 0 Å². The Kier molecular flexibility index (Phi) is 4.11. The fraction of sp³-hybridized carbons (Fsp3) is 0.467. The zero-order valence-electron chi connectivity index (χ0n) is 12.1. The average molecular weight is 337 g/mol. The van der Waals surface area contributed by atoms with E-state index in [1.165, 1.54) is 16.8 Å². The lowest BCUT2D eigenvalue weighted by Crippen LogP contribution is -2.50. The molecule has 2 aromatic rings. The van der Waals surface area contributed by atoms with Gasteiger partial charge >= 0.3 is 0 Å². The van der Waals surface area contributed by atoms with E-state index in [-0.39, 0.29) is 6.23 Å². The molecule has 22 heavy (non-hydrogen) atoms. The first kappa shape index (κ1) is 14.5. The van der Waals surface area contributed by atoms with Crippen LogP contribution < -0.4 is 5.32 Å². The number of ether oxygens (including phenoxy) is 1. The molecule has 0 amide bonds. The van der Waals surface area contributed by atoms with Crippen molar-refractivity contribution >= 4 is 38.7 Å². The van der Waals surface area contributed by atoms with E-state index in [2.05, 4.69) is 32.3 Å². The summed E-state index contributed by atoms with van der Waals surface area (Å²) in [5, 5.41) is 3.93. The molecule has 4 rings (SSSR count). The van der Waals surface area contributed by atoms with Crippen LogP contribution in [0.1, 0.15) is 11.3 Å². The summed E-state index contributed by atoms with van der Waals surface area (Å²) in [4.78, 5) is 12.0. The molecule has 1 N–H and O–H groups in total. The van der Waals surface area contributed by atoms with Crippen LogP contribution in [0.2, 0.25) is 5.15 Å². The van der Waals surface area contributed by atoms with Crippen LogP contribution in [0.25, 0.3) is 15.8 Å². The molecule has 0 aromatic carbocycles. The molecule has 0 bridgehead atoms. The molecule has 1 saturated heterocycles. The molecule has 4 heterocycles. The zero-order chi connectivity index (χ0) is 14.9. The summed E-state index contributed by atoms with van der Waals surface area (Å²) in [6, 6.07) is 2.12. The van der Waals surface area contributed by atoms with Gasteiger partial charge in [-0.15, -0.1) is 11.3 Å². The van der Waals surface area contributed by atoms with Crippen LogP contribution in [-0.2, 0) is 4.74 Å². The summed E-state index contributed by atoms with van der Waals surface area (Å²) in [5.41, 5.74) is 2.31. The van der Waals surface area contributed by atoms with Crippen molar-refractivity contribution < 1.29 is 4.74 Å². The van der Waals surface area contributed by atoms with Crippen LogP contribution >= 0.6 is 22.9 Å². The molecule has 1 atom stereocenters. The molecule has 1 fully saturated rings. The second kappa shape index (κ2) is 6.22. The van der Waals surface area contributed by atoms with Crippen molar-refractivity contribution in [2.24, 2.45) is 0 Å². The highest BCUT2D eigenvalue weighted by molar-refractivity contribution is 7.20. The summed E-state index contributed by atoms with van der Waals surface area (Å²) >= 11 is 7.82. The number of aromatic nitrogens is 2. The molecular formula is C15H17ClN4OS. The molecule has 0 radical (unpaired) electrons. The molecule has 7 heteroatoms. The Bertz CT molecular complexity index is 711. The molecule has 2 aromatic heterocycles. The molecule has 5 nitrogen and oxygen atoms in total. The molecule has 116 valence electrons. The number of rotatable bonds is 2. The van der Waals surface area contributed by atoms with Crippen LogP contribution in [0.5, 0.6) is 0 Å². The maximum Gasteiger partial charge on any atom is 0.150 e. The summed E-state index contributed by atoms with van der Waals surface area (Å²) in [7, 11) is 0. The topological polar surface area (TPSA) is 50.3 Å². The number of thiophene rings is 1. The number of morpholine rings is 1. The number of halogens is 1. The quantitative estimate of drug-likeness (QED) is 0.853. The summed E-state index contributed by atoms with van der Waals surface area (Å²) in [6.45, 7) is 4.61. The van der Waals surface area contributed by atoms with E-state index in [1.54, 1.807) is 11.3 Å². The van der Waals surface area contributed by atoms with E-state index in [0.29, 0.717) is 5.15 Å². The Morgan fingerprint density at radius 2 is 2.36 bits per heavy atom. The average Bonchev–Trinajstić information content (AvgIpc) is 3.02. The number of nitrogens with one attached hydrogen (secondary N) is 1. The maximum absolute atomic E-state index is 6.14. The fourth-order valence-corrected chi connectivity index (χ4v) is 4.26. The maximum atomic E-state index is 6.14. The molecular weight excluding hydrogens is 320 g/mol. The highest BCUT2D eigenvalue weighted by Crippen LogP contribution is 2.35. The van der Waals surface area contributed by atoms with Crippen LogP contribution in [0.3, 0.4) is 0 Å². The van der Waals surface area contributed by atoms with Crippen LogP contribution in [0.4, 0.5) is 0 Å². The number of hydrogen-bond acceptors (Lipinski definition) is 6. The minimum absolute atomic E-state index is 0.203. The molecule has 0 saturated carbocycles. The van der Waals surface area contributed by atoms with Gasteiger partial charge in [-0.3, -0.25) is 4.90 Å². The predicted molar refractivity (Wildman–Crippen MR) is 89.2 cm³/mol. The predicted octanol–water partition coefficient (Wildman–Crippen LogP) is 2.38. The van der Waals surface area contributed by atoms with Crippen molar-refractivity contribution in [2.45, 2.75) is 12.6 Å². The van der Waals surface area contributed by atoms with Gasteiger partial charge in [-0.05, 0) is 18.1 Å². The summed E-state index contributed by atoms with van der Waals surface area (Å²) in [5.74, 6) is 0. The van der Waals surface area contributed by atoms with Gasteiger partial charge in [-0.2, -0.15) is 0 Å². The number of fused-ring (bicyclic) bond motifs is 1. The van der Waals surface area contributed by atoms with Gasteiger partial charge in [0, 0.05) is 31.1 Å². The fourth-order valence-electron chi connectivity index (χ4n) is 2.94. The minimum atomic E-state index is 0.203. The van der Waals surface area contributed by atoms with Crippen molar-refractivity contribution in [1.82, 2.24) is 20.2 Å². The van der Waals surface area contributed by atoms with Gasteiger partial charge in [-0.25, -0.2) is 9.97 Å². The number of hydrogen-bond donors (Lipinski definition) is 1. The van der Waals surface area contributed by atoms with Gasteiger partial charge in [0.1, 0.15) is 17.7 Å². The lowest BCUT2D eigenvalue weighted by molar-refractivity contribution is -0.0708. The largest absolute Gasteiger partial charge is 0.360 e. The van der Waals surface area contributed by atoms with E-state index in [0.717, 1.165) is 49.4 Å². The lowest BCUT2D eigenvalue weighted by Gasteiger charge is -2.36. The van der Waals surface area contributed by atoms with Gasteiger partial charge in [0.15, 0.2) is 0 Å². The van der Waals surface area contributed by atoms with Crippen molar-refractivity contribution in [3.63, 3.8) is 0 Å². The van der Waals surface area contributed by atoms with E-state index in [9.17, 15) is 0 Å². The Morgan fingerprint density at radius 1 is 1.41 bits per heavy atom. The smallest absolute Gasteiger partial charge is 0.150 e. The van der Waals surface area contributed by atoms with Crippen molar-refractivity contribution in [2.75, 3.05) is 32.8 Å². The Balaban J connectivity index is 1.53. The van der Waals surface area contributed by atoms with Crippen LogP contribution in [0.15, 0.2) is 18.5 Å². The number of nitrogens with zero attached hydrogens (tertiary/aromatic N) is 3. The van der Waals surface area contributed by atoms with E-state index in [1.807, 2.05) is 0 Å². The third kappa shape index (κ3) is 2.77. The second-order valence-corrected chi connectivity index (χ2v) is 6.90. The molecule has 1 unspecified atom stereocenters. The molecule has 2 aliphatic heterocycles. The summed E-state index contributed by atoms with van der Waals surface area (Å²) < 4.78 is 6.80. The normalized spacial score (nSPS) is 23.7. The molecule has 2 aliphatic rings. The van der Waals surface area contributed by atoms with Gasteiger partial charge in [-0.1, -0.05) is 17.7 Å². The lowest BCUT2D eigenvalue weighted by atomic mass is 10.1. The SMILES string of the molecule is Clc1ncnc2cc(C3=CCN(C4CNCCO4)CC3)sc12. The zero-order valence-corrected chi connectivity index (χ0v) is 13.7. The van der Waals surface area contributed by atoms with E-state index < -0.39 is 0 Å². The Morgan fingerprint density at radius 3 is 3.09 bits per heavy atom. The van der Waals surface area contributed by atoms with Crippen molar-refractivity contribution in [3.8, 4) is 0 Å². The first-order chi connectivity index (χ1) is 10.8. The first-order valence-electron chi connectivity index (χ1n) is 7.47. The monoisotopic (exact) mass is 336 g/mol.